The van der Waals surface area contributed by atoms with Crippen molar-refractivity contribution in [1.29, 1.82) is 0 Å². The van der Waals surface area contributed by atoms with E-state index in [4.69, 9.17) is 10.8 Å². The van der Waals surface area contributed by atoms with Crippen molar-refractivity contribution in [3.8, 4) is 0 Å². The molecule has 0 bridgehead atoms. The maximum atomic E-state index is 12.9. The largest absolute Gasteiger partial charge is 0.396 e. The van der Waals surface area contributed by atoms with Crippen molar-refractivity contribution in [2.24, 2.45) is 11.1 Å². The van der Waals surface area contributed by atoms with E-state index in [0.29, 0.717) is 5.56 Å². The van der Waals surface area contributed by atoms with Gasteiger partial charge in [-0.2, -0.15) is 0 Å². The van der Waals surface area contributed by atoms with Crippen LogP contribution >= 0.6 is 12.4 Å². The van der Waals surface area contributed by atoms with Crippen molar-refractivity contribution in [2.75, 3.05) is 6.61 Å². The summed E-state index contributed by atoms with van der Waals surface area (Å²) in [4.78, 5) is 0. The zero-order valence-electron chi connectivity index (χ0n) is 8.90. The fraction of sp³-hybridized carbons (Fsp3) is 0.455. The molecule has 0 radical (unpaired) electrons. The zero-order valence-corrected chi connectivity index (χ0v) is 9.72. The quantitative estimate of drug-likeness (QED) is 0.841. The summed E-state index contributed by atoms with van der Waals surface area (Å²) in [7, 11) is 0. The Labute approximate surface area is 95.7 Å². The second kappa shape index (κ2) is 5.45. The van der Waals surface area contributed by atoms with Gasteiger partial charge in [-0.1, -0.05) is 26.0 Å². The summed E-state index contributed by atoms with van der Waals surface area (Å²) in [5.41, 5.74) is 6.20. The van der Waals surface area contributed by atoms with Crippen LogP contribution in [0, 0.1) is 11.2 Å². The highest BCUT2D eigenvalue weighted by Gasteiger charge is 2.26. The minimum atomic E-state index is -0.437. The predicted octanol–water partition coefficient (Wildman–Crippen LogP) is 2.27. The first-order valence-electron chi connectivity index (χ1n) is 4.59. The maximum absolute atomic E-state index is 12.9. The Morgan fingerprint density at radius 2 is 2.07 bits per heavy atom. The van der Waals surface area contributed by atoms with Crippen LogP contribution in [0.15, 0.2) is 24.3 Å². The van der Waals surface area contributed by atoms with E-state index in [1.54, 1.807) is 12.1 Å². The van der Waals surface area contributed by atoms with Crippen molar-refractivity contribution >= 4 is 12.4 Å². The number of hydrogen-bond acceptors (Lipinski definition) is 2. The highest BCUT2D eigenvalue weighted by Crippen LogP contribution is 2.30. The lowest BCUT2D eigenvalue weighted by molar-refractivity contribution is 0.132. The van der Waals surface area contributed by atoms with E-state index in [1.165, 1.54) is 12.1 Å². The van der Waals surface area contributed by atoms with Gasteiger partial charge in [-0.3, -0.25) is 0 Å². The molecule has 0 aliphatic heterocycles. The van der Waals surface area contributed by atoms with Crippen LogP contribution < -0.4 is 5.73 Å². The molecule has 0 aliphatic rings. The fourth-order valence-electron chi connectivity index (χ4n) is 1.25. The number of benzene rings is 1. The first-order chi connectivity index (χ1) is 6.47. The molecule has 0 saturated carbocycles. The van der Waals surface area contributed by atoms with Crippen molar-refractivity contribution < 1.29 is 9.50 Å². The highest BCUT2D eigenvalue weighted by molar-refractivity contribution is 5.85. The molecule has 0 heterocycles. The van der Waals surface area contributed by atoms with Crippen LogP contribution in [0.5, 0.6) is 0 Å². The molecule has 0 unspecified atom stereocenters. The van der Waals surface area contributed by atoms with E-state index >= 15 is 0 Å². The Bertz CT molecular complexity index is 317. The second-order valence-electron chi connectivity index (χ2n) is 4.18. The standard InChI is InChI=1S/C11H16FNO.ClH/c1-11(2,7-14)10(13)8-4-3-5-9(12)6-8;/h3-6,10,14H,7,13H2,1-2H3;1H/t10-;/m0./s1. The van der Waals surface area contributed by atoms with E-state index in [2.05, 4.69) is 0 Å². The normalized spacial score (nSPS) is 13.1. The summed E-state index contributed by atoms with van der Waals surface area (Å²) >= 11 is 0. The monoisotopic (exact) mass is 233 g/mol. The lowest BCUT2D eigenvalue weighted by Crippen LogP contribution is -2.32. The molecule has 0 saturated heterocycles. The van der Waals surface area contributed by atoms with Gasteiger partial charge in [0, 0.05) is 18.1 Å². The van der Waals surface area contributed by atoms with E-state index in [1.807, 2.05) is 13.8 Å². The first-order valence-corrected chi connectivity index (χ1v) is 4.59. The lowest BCUT2D eigenvalue weighted by Gasteiger charge is -2.29. The topological polar surface area (TPSA) is 46.2 Å². The molecule has 1 aromatic carbocycles. The summed E-state index contributed by atoms with van der Waals surface area (Å²) in [5.74, 6) is -0.299. The van der Waals surface area contributed by atoms with Crippen LogP contribution in [0.1, 0.15) is 25.5 Å². The Kier molecular flexibility index (Phi) is 5.21. The number of nitrogens with two attached hydrogens (primary N) is 1. The van der Waals surface area contributed by atoms with Gasteiger partial charge in [0.2, 0.25) is 0 Å². The molecule has 3 N–H and O–H groups in total. The van der Waals surface area contributed by atoms with Crippen LogP contribution in [0.3, 0.4) is 0 Å². The summed E-state index contributed by atoms with van der Waals surface area (Å²) in [6.45, 7) is 3.68. The summed E-state index contributed by atoms with van der Waals surface area (Å²) in [5, 5.41) is 9.12. The van der Waals surface area contributed by atoms with Gasteiger partial charge in [0.25, 0.3) is 0 Å². The van der Waals surface area contributed by atoms with Gasteiger partial charge in [-0.25, -0.2) is 4.39 Å². The van der Waals surface area contributed by atoms with Crippen molar-refractivity contribution in [1.82, 2.24) is 0 Å². The van der Waals surface area contributed by atoms with Crippen LogP contribution in [0.4, 0.5) is 4.39 Å². The molecule has 0 fully saturated rings. The minimum Gasteiger partial charge on any atom is -0.396 e. The molecule has 1 aromatic rings. The van der Waals surface area contributed by atoms with Gasteiger partial charge in [-0.15, -0.1) is 12.4 Å². The lowest BCUT2D eigenvalue weighted by atomic mass is 9.82. The summed E-state index contributed by atoms with van der Waals surface area (Å²) < 4.78 is 12.9. The third-order valence-electron chi connectivity index (χ3n) is 2.46. The van der Waals surface area contributed by atoms with E-state index in [9.17, 15) is 4.39 Å². The van der Waals surface area contributed by atoms with Crippen molar-refractivity contribution in [2.45, 2.75) is 19.9 Å². The summed E-state index contributed by atoms with van der Waals surface area (Å²) in [6.07, 6.45) is 0. The van der Waals surface area contributed by atoms with Gasteiger partial charge in [0.05, 0.1) is 0 Å². The third-order valence-corrected chi connectivity index (χ3v) is 2.46. The average molecular weight is 234 g/mol. The molecular weight excluding hydrogens is 217 g/mol. The molecule has 1 atom stereocenters. The minimum absolute atomic E-state index is 0. The van der Waals surface area contributed by atoms with Crippen LogP contribution in [0.25, 0.3) is 0 Å². The number of hydrogen-bond donors (Lipinski definition) is 2. The molecule has 15 heavy (non-hydrogen) atoms. The Hall–Kier alpha value is -0.640. The molecule has 0 aliphatic carbocycles. The number of halogens is 2. The Morgan fingerprint density at radius 1 is 1.47 bits per heavy atom. The molecular formula is C11H17ClFNO. The molecule has 1 rings (SSSR count). The molecule has 0 aromatic heterocycles. The van der Waals surface area contributed by atoms with E-state index in [-0.39, 0.29) is 30.9 Å². The maximum Gasteiger partial charge on any atom is 0.123 e. The van der Waals surface area contributed by atoms with Crippen LogP contribution in [-0.4, -0.2) is 11.7 Å². The van der Waals surface area contributed by atoms with Gasteiger partial charge < -0.3 is 10.8 Å². The molecule has 2 nitrogen and oxygen atoms in total. The van der Waals surface area contributed by atoms with Crippen molar-refractivity contribution in [3.05, 3.63) is 35.6 Å². The van der Waals surface area contributed by atoms with E-state index < -0.39 is 5.41 Å². The Balaban J connectivity index is 0.00000196. The number of aliphatic hydroxyl groups excluding tert-OH is 1. The highest BCUT2D eigenvalue weighted by atomic mass is 35.5. The average Bonchev–Trinajstić information content (AvgIpc) is 2.16. The zero-order chi connectivity index (χ0) is 10.8. The number of rotatable bonds is 3. The molecule has 0 spiro atoms. The van der Waals surface area contributed by atoms with Gasteiger partial charge in [0.1, 0.15) is 5.82 Å². The predicted molar refractivity (Wildman–Crippen MR) is 61.4 cm³/mol. The molecule has 0 amide bonds. The van der Waals surface area contributed by atoms with Crippen LogP contribution in [0.2, 0.25) is 0 Å². The van der Waals surface area contributed by atoms with Crippen molar-refractivity contribution in [3.63, 3.8) is 0 Å². The third kappa shape index (κ3) is 3.45. The molecule has 86 valence electrons. The van der Waals surface area contributed by atoms with Gasteiger partial charge in [-0.05, 0) is 17.7 Å². The second-order valence-corrected chi connectivity index (χ2v) is 4.18. The Morgan fingerprint density at radius 3 is 2.53 bits per heavy atom. The number of aliphatic hydroxyl groups is 1. The first kappa shape index (κ1) is 14.4. The fourth-order valence-corrected chi connectivity index (χ4v) is 1.25. The smallest absolute Gasteiger partial charge is 0.123 e. The summed E-state index contributed by atoms with van der Waals surface area (Å²) in [6, 6.07) is 5.82. The van der Waals surface area contributed by atoms with Crippen LogP contribution in [-0.2, 0) is 0 Å². The van der Waals surface area contributed by atoms with E-state index in [0.717, 1.165) is 0 Å². The van der Waals surface area contributed by atoms with Gasteiger partial charge >= 0.3 is 0 Å². The molecule has 4 heteroatoms. The van der Waals surface area contributed by atoms with Gasteiger partial charge in [0.15, 0.2) is 0 Å². The SMILES string of the molecule is CC(C)(CO)[C@@H](N)c1cccc(F)c1.Cl.